The van der Waals surface area contributed by atoms with Crippen LogP contribution in [0.15, 0.2) is 42.0 Å². The smallest absolute Gasteiger partial charge is 0.362 e. The van der Waals surface area contributed by atoms with Crippen LogP contribution in [0.1, 0.15) is 118 Å². The predicted octanol–water partition coefficient (Wildman–Crippen LogP) is 8.95. The van der Waals surface area contributed by atoms with Crippen LogP contribution in [0, 0.1) is 45.3 Å². The van der Waals surface area contributed by atoms with Gasteiger partial charge in [0.15, 0.2) is 0 Å². The summed E-state index contributed by atoms with van der Waals surface area (Å²) in [5.74, 6) is 1.44. The van der Waals surface area contributed by atoms with E-state index < -0.39 is 20.8 Å². The van der Waals surface area contributed by atoms with Crippen molar-refractivity contribution in [3.63, 3.8) is 0 Å². The second kappa shape index (κ2) is 12.2. The third-order valence-electron chi connectivity index (χ3n) is 13.5. The van der Waals surface area contributed by atoms with Crippen molar-refractivity contribution in [2.45, 2.75) is 119 Å². The Morgan fingerprint density at radius 3 is 2.24 bits per heavy atom. The van der Waals surface area contributed by atoms with Crippen molar-refractivity contribution in [3.05, 3.63) is 47.6 Å². The molecule has 0 heterocycles. The molecular formula is C36H54O8S2. The average molecular weight is 679 g/mol. The fourth-order valence-electron chi connectivity index (χ4n) is 10.4. The van der Waals surface area contributed by atoms with E-state index in [0.29, 0.717) is 23.8 Å². The van der Waals surface area contributed by atoms with Crippen molar-refractivity contribution in [3.8, 4) is 11.5 Å². The van der Waals surface area contributed by atoms with Crippen molar-refractivity contribution >= 4 is 20.8 Å². The van der Waals surface area contributed by atoms with Gasteiger partial charge in [0.25, 0.3) is 0 Å². The maximum absolute atomic E-state index is 11.8. The molecule has 0 saturated heterocycles. The highest BCUT2D eigenvalue weighted by Gasteiger charge is 2.57. The maximum Gasteiger partial charge on any atom is 0.446 e. The molecule has 0 radical (unpaired) electrons. The highest BCUT2D eigenvalue weighted by molar-refractivity contribution is 7.81. The molecule has 0 bridgehead atoms. The van der Waals surface area contributed by atoms with E-state index in [1.54, 1.807) is 5.57 Å². The van der Waals surface area contributed by atoms with E-state index in [1.807, 2.05) is 0 Å². The van der Waals surface area contributed by atoms with Crippen LogP contribution in [-0.4, -0.2) is 25.9 Å². The van der Waals surface area contributed by atoms with E-state index in [4.69, 9.17) is 14.9 Å². The minimum absolute atomic E-state index is 0.0691. The average Bonchev–Trinajstić information content (AvgIpc) is 2.93. The summed E-state index contributed by atoms with van der Waals surface area (Å²) < 4.78 is 75.3. The topological polar surface area (TPSA) is 127 Å². The van der Waals surface area contributed by atoms with Gasteiger partial charge in [0.05, 0.1) is 0 Å². The Labute approximate surface area is 277 Å². The lowest BCUT2D eigenvalue weighted by Gasteiger charge is -2.61. The summed E-state index contributed by atoms with van der Waals surface area (Å²) in [5.41, 5.74) is 3.42. The first-order chi connectivity index (χ1) is 21.2. The van der Waals surface area contributed by atoms with Crippen LogP contribution in [0.2, 0.25) is 0 Å². The highest BCUT2D eigenvalue weighted by atomic mass is 32.3. The van der Waals surface area contributed by atoms with Crippen LogP contribution >= 0.6 is 0 Å². The molecule has 1 aromatic rings. The zero-order chi connectivity index (χ0) is 33.9. The Kier molecular flexibility index (Phi) is 9.41. The molecule has 0 aliphatic heterocycles. The summed E-state index contributed by atoms with van der Waals surface area (Å²) in [7, 11) is -9.65. The second-order valence-corrected chi connectivity index (χ2v) is 18.3. The molecule has 5 rings (SSSR count). The molecule has 0 unspecified atom stereocenters. The number of benzene rings is 1. The lowest BCUT2D eigenvalue weighted by molar-refractivity contribution is -0.0731. The zero-order valence-electron chi connectivity index (χ0n) is 28.5. The van der Waals surface area contributed by atoms with Crippen molar-refractivity contribution in [2.24, 2.45) is 45.3 Å². The summed E-state index contributed by atoms with van der Waals surface area (Å²) in [5, 5.41) is 0. The molecule has 258 valence electrons. The zero-order valence-corrected chi connectivity index (χ0v) is 30.1. The minimum atomic E-state index is -4.84. The molecule has 0 amide bonds. The van der Waals surface area contributed by atoms with Crippen LogP contribution < -0.4 is 8.37 Å². The molecule has 1 aromatic carbocycles. The Morgan fingerprint density at radius 2 is 1.57 bits per heavy atom. The Hall–Kier alpha value is -1.88. The van der Waals surface area contributed by atoms with Gasteiger partial charge in [0.2, 0.25) is 0 Å². The lowest BCUT2D eigenvalue weighted by atomic mass is 9.43. The van der Waals surface area contributed by atoms with Crippen molar-refractivity contribution in [1.29, 1.82) is 0 Å². The summed E-state index contributed by atoms with van der Waals surface area (Å²) >= 11 is 0. The predicted molar refractivity (Wildman–Crippen MR) is 180 cm³/mol. The van der Waals surface area contributed by atoms with Crippen LogP contribution in [0.25, 0.3) is 0 Å². The summed E-state index contributed by atoms with van der Waals surface area (Å²) in [4.78, 5) is 0. The second-order valence-electron chi connectivity index (χ2n) is 16.2. The first kappa shape index (κ1) is 35.4. The molecule has 8 nitrogen and oxygen atoms in total. The Bertz CT molecular complexity index is 1590. The van der Waals surface area contributed by atoms with Crippen LogP contribution in [-0.2, 0) is 27.2 Å². The summed E-state index contributed by atoms with van der Waals surface area (Å²) in [6, 6.07) is 3.84. The van der Waals surface area contributed by atoms with Gasteiger partial charge in [-0.05, 0) is 134 Å². The maximum atomic E-state index is 11.8. The van der Waals surface area contributed by atoms with Crippen molar-refractivity contribution < 1.29 is 34.3 Å². The van der Waals surface area contributed by atoms with Gasteiger partial charge >= 0.3 is 20.8 Å². The van der Waals surface area contributed by atoms with Gasteiger partial charge in [-0.1, -0.05) is 71.8 Å². The quantitative estimate of drug-likeness (QED) is 0.196. The fourth-order valence-corrected chi connectivity index (χ4v) is 11.2. The molecular weight excluding hydrogens is 625 g/mol. The SMILES string of the molecule is C=C1CCC[C@H]2[C@]1(CC[C@@]1(C)[C@H](C)CC=C3[C@@H]1CCCC3(C)C)CC[C@H](C)[C@]2(C)Cc1cc(OS(=O)(=O)O)ccc1OS(=O)(=O)O. The minimum Gasteiger partial charge on any atom is -0.362 e. The number of rotatable bonds is 9. The van der Waals surface area contributed by atoms with Crippen molar-refractivity contribution in [1.82, 2.24) is 0 Å². The van der Waals surface area contributed by atoms with Gasteiger partial charge < -0.3 is 8.37 Å². The number of allylic oxidation sites excluding steroid dienone is 3. The Morgan fingerprint density at radius 1 is 0.870 bits per heavy atom. The van der Waals surface area contributed by atoms with Gasteiger partial charge in [-0.3, -0.25) is 9.11 Å². The normalized spacial score (nSPS) is 36.3. The largest absolute Gasteiger partial charge is 0.446 e. The summed E-state index contributed by atoms with van der Waals surface area (Å²) in [6.07, 6.45) is 15.1. The van der Waals surface area contributed by atoms with E-state index >= 15 is 0 Å². The third-order valence-corrected chi connectivity index (χ3v) is 14.3. The third kappa shape index (κ3) is 6.70. The van der Waals surface area contributed by atoms with E-state index in [0.717, 1.165) is 51.4 Å². The van der Waals surface area contributed by atoms with E-state index in [-0.39, 0.29) is 45.0 Å². The molecule has 3 saturated carbocycles. The van der Waals surface area contributed by atoms with Gasteiger partial charge in [0, 0.05) is 5.56 Å². The van der Waals surface area contributed by atoms with E-state index in [9.17, 15) is 25.9 Å². The molecule has 4 aliphatic carbocycles. The number of fused-ring (bicyclic) bond motifs is 2. The molecule has 2 N–H and O–H groups in total. The van der Waals surface area contributed by atoms with E-state index in [2.05, 4.69) is 47.6 Å². The van der Waals surface area contributed by atoms with Gasteiger partial charge in [0.1, 0.15) is 11.5 Å². The van der Waals surface area contributed by atoms with Gasteiger partial charge in [-0.25, -0.2) is 0 Å². The highest BCUT2D eigenvalue weighted by Crippen LogP contribution is 2.66. The first-order valence-corrected chi connectivity index (χ1v) is 19.8. The molecule has 0 aromatic heterocycles. The number of hydrogen-bond donors (Lipinski definition) is 2. The molecule has 3 fully saturated rings. The van der Waals surface area contributed by atoms with Gasteiger partial charge in [-0.15, -0.1) is 0 Å². The fraction of sp³-hybridized carbons (Fsp3) is 0.722. The first-order valence-electron chi connectivity index (χ1n) is 17.1. The van der Waals surface area contributed by atoms with Crippen LogP contribution in [0.5, 0.6) is 11.5 Å². The van der Waals surface area contributed by atoms with Crippen LogP contribution in [0.3, 0.4) is 0 Å². The number of hydrogen-bond acceptors (Lipinski definition) is 6. The lowest BCUT2D eigenvalue weighted by Crippen LogP contribution is -2.53. The van der Waals surface area contributed by atoms with Gasteiger partial charge in [-0.2, -0.15) is 16.8 Å². The van der Waals surface area contributed by atoms with E-state index in [1.165, 1.54) is 43.0 Å². The van der Waals surface area contributed by atoms with Crippen molar-refractivity contribution in [2.75, 3.05) is 0 Å². The molecule has 7 atom stereocenters. The molecule has 10 heteroatoms. The monoisotopic (exact) mass is 678 g/mol. The standard InChI is InChI=1S/C36H54O8S2/c1-24-13-15-29-30(11-9-18-33(29,4)5)34(24,6)20-21-36-19-17-25(2)35(7,32(36)12-8-10-26(36)3)23-27-22-28(43-45(37,38)39)14-16-31(27)44-46(40,41)42/h14-16,22,24-25,30,32H,3,8-13,17-21,23H2,1-2,4-7H3,(H,37,38,39)(H,40,41,42)/t24-,25+,30+,32-,34+,35+,36+/m1/s1. The molecule has 46 heavy (non-hydrogen) atoms. The summed E-state index contributed by atoms with van der Waals surface area (Å²) in [6.45, 7) is 19.1. The van der Waals surface area contributed by atoms with Crippen LogP contribution in [0.4, 0.5) is 0 Å². The molecule has 4 aliphatic rings. The molecule has 0 spiro atoms. The Balaban J connectivity index is 1.51.